The van der Waals surface area contributed by atoms with Crippen molar-refractivity contribution in [1.82, 2.24) is 10.2 Å². The van der Waals surface area contributed by atoms with Crippen molar-refractivity contribution in [3.8, 4) is 0 Å². The van der Waals surface area contributed by atoms with Crippen molar-refractivity contribution < 1.29 is 24.2 Å². The molecule has 2 N–H and O–H groups in total. The van der Waals surface area contributed by atoms with Crippen molar-refractivity contribution in [2.75, 3.05) is 33.4 Å². The Morgan fingerprint density at radius 3 is 2.55 bits per heavy atom. The summed E-state index contributed by atoms with van der Waals surface area (Å²) in [6.45, 7) is 7.23. The highest BCUT2D eigenvalue weighted by atomic mass is 16.6. The monoisotopic (exact) mass is 288 g/mol. The molecule has 1 fully saturated rings. The third kappa shape index (κ3) is 4.64. The highest BCUT2D eigenvalue weighted by molar-refractivity contribution is 5.85. The van der Waals surface area contributed by atoms with E-state index in [4.69, 9.17) is 9.47 Å². The molecule has 7 heteroatoms. The molecule has 1 aliphatic heterocycles. The van der Waals surface area contributed by atoms with Gasteiger partial charge in [0.25, 0.3) is 0 Å². The smallest absolute Gasteiger partial charge is 0.408 e. The first-order valence-corrected chi connectivity index (χ1v) is 6.64. The molecule has 0 aromatic carbocycles. The van der Waals surface area contributed by atoms with E-state index in [1.807, 2.05) is 4.90 Å². The van der Waals surface area contributed by atoms with Gasteiger partial charge in [0.2, 0.25) is 0 Å². The molecule has 0 bridgehead atoms. The van der Waals surface area contributed by atoms with Crippen LogP contribution in [0.5, 0.6) is 0 Å². The summed E-state index contributed by atoms with van der Waals surface area (Å²) in [5, 5.41) is 11.9. The van der Waals surface area contributed by atoms with Crippen LogP contribution in [0.1, 0.15) is 27.2 Å². The molecule has 0 aromatic rings. The molecule has 0 radical (unpaired) electrons. The zero-order valence-corrected chi connectivity index (χ0v) is 12.6. The second kappa shape index (κ2) is 6.41. The molecule has 7 nitrogen and oxygen atoms in total. The molecule has 1 rings (SSSR count). The number of nitrogens with one attached hydrogen (secondary N) is 1. The molecule has 0 aliphatic carbocycles. The van der Waals surface area contributed by atoms with Crippen molar-refractivity contribution >= 4 is 12.1 Å². The molecule has 1 saturated heterocycles. The molecule has 1 aliphatic rings. The summed E-state index contributed by atoms with van der Waals surface area (Å²) in [5.41, 5.74) is -1.94. The van der Waals surface area contributed by atoms with Crippen molar-refractivity contribution in [3.63, 3.8) is 0 Å². The van der Waals surface area contributed by atoms with Crippen molar-refractivity contribution in [3.05, 3.63) is 0 Å². The molecular formula is C13H24N2O5. The largest absolute Gasteiger partial charge is 0.479 e. The summed E-state index contributed by atoms with van der Waals surface area (Å²) >= 11 is 0. The quantitative estimate of drug-likeness (QED) is 0.773. The van der Waals surface area contributed by atoms with Crippen LogP contribution in [-0.2, 0) is 14.3 Å². The number of methoxy groups -OCH3 is 1. The van der Waals surface area contributed by atoms with E-state index in [0.29, 0.717) is 26.1 Å². The van der Waals surface area contributed by atoms with Crippen LogP contribution in [0.2, 0.25) is 0 Å². The van der Waals surface area contributed by atoms with E-state index in [1.165, 1.54) is 0 Å². The molecule has 0 spiro atoms. The lowest BCUT2D eigenvalue weighted by molar-refractivity contribution is -0.144. The maximum absolute atomic E-state index is 11.8. The Kier molecular flexibility index (Phi) is 5.35. The number of carbonyl (C=O) groups excluding carboxylic acids is 1. The second-order valence-corrected chi connectivity index (χ2v) is 6.03. The van der Waals surface area contributed by atoms with Crippen molar-refractivity contribution in [2.24, 2.45) is 0 Å². The van der Waals surface area contributed by atoms with Gasteiger partial charge in [0.05, 0.1) is 6.61 Å². The average Bonchev–Trinajstić information content (AvgIpc) is 2.68. The minimum Gasteiger partial charge on any atom is -0.479 e. The number of carboxylic acids is 1. The van der Waals surface area contributed by atoms with Crippen molar-refractivity contribution in [1.29, 1.82) is 0 Å². The molecule has 116 valence electrons. The Hall–Kier alpha value is -1.34. The summed E-state index contributed by atoms with van der Waals surface area (Å²) in [6.07, 6.45) is -0.348. The van der Waals surface area contributed by atoms with E-state index in [0.717, 1.165) is 0 Å². The fraction of sp³-hybridized carbons (Fsp3) is 0.846. The summed E-state index contributed by atoms with van der Waals surface area (Å²) in [6, 6.07) is 0. The van der Waals surface area contributed by atoms with Gasteiger partial charge in [-0.1, -0.05) is 0 Å². The van der Waals surface area contributed by atoms with Crippen LogP contribution in [0, 0.1) is 0 Å². The number of amides is 1. The van der Waals surface area contributed by atoms with Crippen LogP contribution in [0.3, 0.4) is 0 Å². The maximum Gasteiger partial charge on any atom is 0.408 e. The number of nitrogens with zero attached hydrogens (tertiary/aromatic N) is 1. The van der Waals surface area contributed by atoms with Gasteiger partial charge < -0.3 is 19.9 Å². The SMILES string of the molecule is COCCN1CCC(NC(=O)OC(C)(C)C)(C(=O)O)C1. The molecule has 20 heavy (non-hydrogen) atoms. The Labute approximate surface area is 119 Å². The van der Waals surface area contributed by atoms with Gasteiger partial charge in [0, 0.05) is 26.7 Å². The average molecular weight is 288 g/mol. The third-order valence-corrected chi connectivity index (χ3v) is 3.11. The van der Waals surface area contributed by atoms with E-state index in [-0.39, 0.29) is 6.54 Å². The fourth-order valence-electron chi connectivity index (χ4n) is 2.13. The van der Waals surface area contributed by atoms with Crippen LogP contribution < -0.4 is 5.32 Å². The number of carboxylic acid groups (broad SMARTS) is 1. The van der Waals surface area contributed by atoms with Crippen molar-refractivity contribution in [2.45, 2.75) is 38.3 Å². The number of aliphatic carboxylic acids is 1. The number of hydrogen-bond donors (Lipinski definition) is 2. The van der Waals surface area contributed by atoms with Gasteiger partial charge in [-0.3, -0.25) is 4.90 Å². The topological polar surface area (TPSA) is 88.1 Å². The predicted octanol–water partition coefficient (Wildman–Crippen LogP) is 0.687. The lowest BCUT2D eigenvalue weighted by Crippen LogP contribution is -2.57. The molecule has 0 saturated carbocycles. The predicted molar refractivity (Wildman–Crippen MR) is 72.7 cm³/mol. The number of alkyl carbamates (subject to hydrolysis) is 1. The van der Waals surface area contributed by atoms with Gasteiger partial charge in [0.1, 0.15) is 5.60 Å². The standard InChI is InChI=1S/C13H24N2O5/c1-12(2,3)20-11(18)14-13(10(16)17)5-6-15(9-13)7-8-19-4/h5-9H2,1-4H3,(H,14,18)(H,16,17). The van der Waals surface area contributed by atoms with Crippen LogP contribution >= 0.6 is 0 Å². The van der Waals surface area contributed by atoms with E-state index < -0.39 is 23.2 Å². The third-order valence-electron chi connectivity index (χ3n) is 3.11. The maximum atomic E-state index is 11.8. The molecule has 1 atom stereocenters. The molecule has 1 heterocycles. The van der Waals surface area contributed by atoms with Gasteiger partial charge in [-0.25, -0.2) is 9.59 Å². The number of ether oxygens (including phenoxy) is 2. The lowest BCUT2D eigenvalue weighted by Gasteiger charge is -2.28. The summed E-state index contributed by atoms with van der Waals surface area (Å²) in [5.74, 6) is -1.04. The zero-order chi connectivity index (χ0) is 15.4. The Bertz CT molecular complexity index is 366. The summed E-state index contributed by atoms with van der Waals surface area (Å²) < 4.78 is 10.1. The van der Waals surface area contributed by atoms with E-state index in [2.05, 4.69) is 5.32 Å². The molecule has 1 amide bonds. The van der Waals surface area contributed by atoms with Crippen LogP contribution in [0.25, 0.3) is 0 Å². The Balaban J connectivity index is 2.66. The lowest BCUT2D eigenvalue weighted by atomic mass is 9.99. The van der Waals surface area contributed by atoms with Gasteiger partial charge in [-0.15, -0.1) is 0 Å². The van der Waals surface area contributed by atoms with E-state index in [9.17, 15) is 14.7 Å². The van der Waals surface area contributed by atoms with Gasteiger partial charge in [-0.2, -0.15) is 0 Å². The normalized spacial score (nSPS) is 23.6. The highest BCUT2D eigenvalue weighted by Gasteiger charge is 2.46. The molecular weight excluding hydrogens is 264 g/mol. The summed E-state index contributed by atoms with van der Waals surface area (Å²) in [7, 11) is 1.60. The first kappa shape index (κ1) is 16.7. The highest BCUT2D eigenvalue weighted by Crippen LogP contribution is 2.22. The Morgan fingerprint density at radius 1 is 1.40 bits per heavy atom. The second-order valence-electron chi connectivity index (χ2n) is 6.03. The first-order chi connectivity index (χ1) is 9.18. The van der Waals surface area contributed by atoms with Gasteiger partial charge in [-0.05, 0) is 27.2 Å². The Morgan fingerprint density at radius 2 is 2.05 bits per heavy atom. The number of rotatable bonds is 5. The summed E-state index contributed by atoms with van der Waals surface area (Å²) in [4.78, 5) is 25.3. The van der Waals surface area contributed by atoms with Gasteiger partial charge >= 0.3 is 12.1 Å². The minimum atomic E-state index is -1.28. The molecule has 1 unspecified atom stereocenters. The van der Waals surface area contributed by atoms with Crippen LogP contribution in [0.15, 0.2) is 0 Å². The number of carbonyl (C=O) groups is 2. The number of hydrogen-bond acceptors (Lipinski definition) is 5. The van der Waals surface area contributed by atoms with Crippen LogP contribution in [0.4, 0.5) is 4.79 Å². The van der Waals surface area contributed by atoms with E-state index >= 15 is 0 Å². The first-order valence-electron chi connectivity index (χ1n) is 6.64. The minimum absolute atomic E-state index is 0.255. The number of likely N-dealkylation sites (tertiary alicyclic amines) is 1. The van der Waals surface area contributed by atoms with Crippen LogP contribution in [-0.4, -0.2) is 66.6 Å². The van der Waals surface area contributed by atoms with Gasteiger partial charge in [0.15, 0.2) is 5.54 Å². The zero-order valence-electron chi connectivity index (χ0n) is 12.6. The fourth-order valence-corrected chi connectivity index (χ4v) is 2.13. The van der Waals surface area contributed by atoms with E-state index in [1.54, 1.807) is 27.9 Å². The molecule has 0 aromatic heterocycles.